The van der Waals surface area contributed by atoms with Gasteiger partial charge in [-0.1, -0.05) is 42.0 Å². The zero-order valence-electron chi connectivity index (χ0n) is 15.7. The standard InChI is InChI=1S/C22H26N2O2/c1-15-8-9-19(16(2)12-15)14-24(3)21(25)11-10-18-13-17-6-4-5-7-20(17)23-22(18)26/h4-9,12,18H,10-11,13-14H2,1-3H3,(H,23,26)/t18-/m0/s1. The van der Waals surface area contributed by atoms with Crippen LogP contribution in [0.1, 0.15) is 35.1 Å². The van der Waals surface area contributed by atoms with Crippen LogP contribution in [-0.2, 0) is 22.6 Å². The molecule has 0 radical (unpaired) electrons. The molecule has 2 aromatic rings. The number of carbonyl (C=O) groups excluding carboxylic acids is 2. The minimum absolute atomic E-state index is 0.0218. The SMILES string of the molecule is Cc1ccc(CN(C)C(=O)CC[C@H]2Cc3ccccc3NC2=O)c(C)c1. The molecular weight excluding hydrogens is 324 g/mol. The molecule has 1 atom stereocenters. The molecule has 0 saturated heterocycles. The average molecular weight is 350 g/mol. The van der Waals surface area contributed by atoms with Gasteiger partial charge in [0.2, 0.25) is 11.8 Å². The van der Waals surface area contributed by atoms with Crippen molar-refractivity contribution in [2.24, 2.45) is 5.92 Å². The number of amides is 2. The first-order chi connectivity index (χ1) is 12.4. The predicted molar refractivity (Wildman–Crippen MR) is 104 cm³/mol. The summed E-state index contributed by atoms with van der Waals surface area (Å²) in [5.41, 5.74) is 5.63. The second-order valence-electron chi connectivity index (χ2n) is 7.27. The summed E-state index contributed by atoms with van der Waals surface area (Å²) >= 11 is 0. The molecule has 2 amide bonds. The van der Waals surface area contributed by atoms with Crippen LogP contribution in [0.25, 0.3) is 0 Å². The monoisotopic (exact) mass is 350 g/mol. The van der Waals surface area contributed by atoms with E-state index in [1.165, 1.54) is 11.1 Å². The van der Waals surface area contributed by atoms with E-state index in [2.05, 4.69) is 37.4 Å². The smallest absolute Gasteiger partial charge is 0.227 e. The van der Waals surface area contributed by atoms with E-state index in [4.69, 9.17) is 0 Å². The van der Waals surface area contributed by atoms with Gasteiger partial charge in [0.05, 0.1) is 0 Å². The first-order valence-corrected chi connectivity index (χ1v) is 9.13. The minimum Gasteiger partial charge on any atom is -0.341 e. The zero-order valence-corrected chi connectivity index (χ0v) is 15.7. The van der Waals surface area contributed by atoms with Gasteiger partial charge in [0, 0.05) is 31.6 Å². The van der Waals surface area contributed by atoms with Crippen LogP contribution >= 0.6 is 0 Å². The molecule has 0 fully saturated rings. The van der Waals surface area contributed by atoms with Crippen molar-refractivity contribution in [1.82, 2.24) is 4.90 Å². The topological polar surface area (TPSA) is 49.4 Å². The van der Waals surface area contributed by atoms with E-state index in [0.717, 1.165) is 16.8 Å². The van der Waals surface area contributed by atoms with E-state index >= 15 is 0 Å². The van der Waals surface area contributed by atoms with Crippen molar-refractivity contribution in [1.29, 1.82) is 0 Å². The molecule has 0 spiro atoms. The summed E-state index contributed by atoms with van der Waals surface area (Å²) < 4.78 is 0. The minimum atomic E-state index is -0.136. The Hall–Kier alpha value is -2.62. The number of aryl methyl sites for hydroxylation is 2. The molecule has 136 valence electrons. The van der Waals surface area contributed by atoms with Crippen LogP contribution in [0.5, 0.6) is 0 Å². The third-order valence-corrected chi connectivity index (χ3v) is 5.15. The second kappa shape index (κ2) is 7.73. The Kier molecular flexibility index (Phi) is 5.40. The van der Waals surface area contributed by atoms with E-state index < -0.39 is 0 Å². The number of rotatable bonds is 5. The normalized spacial score (nSPS) is 16.0. The maximum Gasteiger partial charge on any atom is 0.227 e. The lowest BCUT2D eigenvalue weighted by Gasteiger charge is -2.25. The molecule has 0 aromatic heterocycles. The number of hydrogen-bond donors (Lipinski definition) is 1. The Labute approximate surface area is 155 Å². The number of carbonyl (C=O) groups is 2. The average Bonchev–Trinajstić information content (AvgIpc) is 2.61. The lowest BCUT2D eigenvalue weighted by Crippen LogP contribution is -2.32. The highest BCUT2D eigenvalue weighted by Gasteiger charge is 2.26. The Morgan fingerprint density at radius 1 is 1.19 bits per heavy atom. The molecule has 0 saturated carbocycles. The molecule has 1 heterocycles. The van der Waals surface area contributed by atoms with Gasteiger partial charge < -0.3 is 10.2 Å². The van der Waals surface area contributed by atoms with Crippen molar-refractivity contribution >= 4 is 17.5 Å². The number of benzene rings is 2. The van der Waals surface area contributed by atoms with Crippen molar-refractivity contribution in [2.75, 3.05) is 12.4 Å². The van der Waals surface area contributed by atoms with Gasteiger partial charge in [0.1, 0.15) is 0 Å². The maximum atomic E-state index is 12.5. The number of fused-ring (bicyclic) bond motifs is 1. The van der Waals surface area contributed by atoms with Crippen LogP contribution in [0.2, 0.25) is 0 Å². The summed E-state index contributed by atoms with van der Waals surface area (Å²) in [5, 5.41) is 2.95. The van der Waals surface area contributed by atoms with Gasteiger partial charge in [-0.15, -0.1) is 0 Å². The summed E-state index contributed by atoms with van der Waals surface area (Å²) in [6, 6.07) is 14.2. The fourth-order valence-electron chi connectivity index (χ4n) is 3.50. The third kappa shape index (κ3) is 4.13. The van der Waals surface area contributed by atoms with Crippen LogP contribution in [0.3, 0.4) is 0 Å². The highest BCUT2D eigenvalue weighted by atomic mass is 16.2. The lowest BCUT2D eigenvalue weighted by atomic mass is 9.89. The Bertz CT molecular complexity index is 829. The fourth-order valence-corrected chi connectivity index (χ4v) is 3.50. The van der Waals surface area contributed by atoms with E-state index in [-0.39, 0.29) is 17.7 Å². The van der Waals surface area contributed by atoms with Gasteiger partial charge in [0.15, 0.2) is 0 Å². The Balaban J connectivity index is 1.56. The Morgan fingerprint density at radius 2 is 1.96 bits per heavy atom. The van der Waals surface area contributed by atoms with E-state index in [1.807, 2.05) is 31.3 Å². The van der Waals surface area contributed by atoms with E-state index in [1.54, 1.807) is 4.90 Å². The summed E-state index contributed by atoms with van der Waals surface area (Å²) in [4.78, 5) is 26.5. The zero-order chi connectivity index (χ0) is 18.7. The molecule has 0 aliphatic carbocycles. The molecule has 4 nitrogen and oxygen atoms in total. The van der Waals surface area contributed by atoms with Crippen LogP contribution in [0.4, 0.5) is 5.69 Å². The van der Waals surface area contributed by atoms with Gasteiger partial charge >= 0.3 is 0 Å². The van der Waals surface area contributed by atoms with Crippen LogP contribution in [0.15, 0.2) is 42.5 Å². The molecule has 2 aromatic carbocycles. The molecule has 0 unspecified atom stereocenters. The molecule has 1 aliphatic heterocycles. The van der Waals surface area contributed by atoms with Crippen molar-refractivity contribution in [3.8, 4) is 0 Å². The fraction of sp³-hybridized carbons (Fsp3) is 0.364. The number of nitrogens with one attached hydrogen (secondary N) is 1. The number of para-hydroxylation sites is 1. The van der Waals surface area contributed by atoms with Gasteiger partial charge in [-0.3, -0.25) is 9.59 Å². The summed E-state index contributed by atoms with van der Waals surface area (Å²) in [6.45, 7) is 4.74. The summed E-state index contributed by atoms with van der Waals surface area (Å²) in [7, 11) is 1.83. The molecule has 0 bridgehead atoms. The van der Waals surface area contributed by atoms with Gasteiger partial charge in [-0.05, 0) is 49.4 Å². The van der Waals surface area contributed by atoms with Gasteiger partial charge in [-0.25, -0.2) is 0 Å². The molecular formula is C22H26N2O2. The van der Waals surface area contributed by atoms with Crippen LogP contribution < -0.4 is 5.32 Å². The number of anilines is 1. The van der Waals surface area contributed by atoms with Crippen molar-refractivity contribution in [3.05, 3.63) is 64.7 Å². The van der Waals surface area contributed by atoms with Gasteiger partial charge in [0.25, 0.3) is 0 Å². The molecule has 26 heavy (non-hydrogen) atoms. The quantitative estimate of drug-likeness (QED) is 0.890. The summed E-state index contributed by atoms with van der Waals surface area (Å²) in [6.07, 6.45) is 1.67. The van der Waals surface area contributed by atoms with Crippen LogP contribution in [-0.4, -0.2) is 23.8 Å². The molecule has 3 rings (SSSR count). The first kappa shape index (κ1) is 18.2. The highest BCUT2D eigenvalue weighted by molar-refractivity contribution is 5.96. The third-order valence-electron chi connectivity index (χ3n) is 5.15. The van der Waals surface area contributed by atoms with E-state index in [0.29, 0.717) is 25.8 Å². The largest absolute Gasteiger partial charge is 0.341 e. The van der Waals surface area contributed by atoms with Gasteiger partial charge in [-0.2, -0.15) is 0 Å². The Morgan fingerprint density at radius 3 is 2.73 bits per heavy atom. The molecule has 1 N–H and O–H groups in total. The number of nitrogens with zero attached hydrogens (tertiary/aromatic N) is 1. The van der Waals surface area contributed by atoms with Crippen LogP contribution in [0, 0.1) is 19.8 Å². The molecule has 4 heteroatoms. The van der Waals surface area contributed by atoms with Crippen molar-refractivity contribution < 1.29 is 9.59 Å². The van der Waals surface area contributed by atoms with Crippen molar-refractivity contribution in [2.45, 2.75) is 39.7 Å². The number of hydrogen-bond acceptors (Lipinski definition) is 2. The van der Waals surface area contributed by atoms with E-state index in [9.17, 15) is 9.59 Å². The highest BCUT2D eigenvalue weighted by Crippen LogP contribution is 2.27. The first-order valence-electron chi connectivity index (χ1n) is 9.13. The maximum absolute atomic E-state index is 12.5. The van der Waals surface area contributed by atoms with Crippen molar-refractivity contribution in [3.63, 3.8) is 0 Å². The molecule has 1 aliphatic rings. The summed E-state index contributed by atoms with van der Waals surface area (Å²) in [5.74, 6) is -0.0338. The second-order valence-corrected chi connectivity index (χ2v) is 7.27. The lowest BCUT2D eigenvalue weighted by molar-refractivity contribution is -0.131. The predicted octanol–water partition coefficient (Wildman–Crippen LogP) is 3.85.